The number of tetrazole rings is 1. The number of aromatic nitrogens is 4. The molecule has 150 valence electrons. The van der Waals surface area contributed by atoms with Crippen LogP contribution in [-0.4, -0.2) is 36.7 Å². The van der Waals surface area contributed by atoms with Gasteiger partial charge in [-0.3, -0.25) is 4.79 Å². The van der Waals surface area contributed by atoms with E-state index in [9.17, 15) is 9.90 Å². The third-order valence-corrected chi connectivity index (χ3v) is 9.48. The highest BCUT2D eigenvalue weighted by Crippen LogP contribution is 2.67. The van der Waals surface area contributed by atoms with Crippen LogP contribution in [-0.2, 0) is 11.3 Å². The number of Topliss-reactive ketones (excluding diaryl/α,β-unsaturated/α-hetero) is 1. The fraction of sp³-hybridized carbons (Fsp3) is 0.818. The topological polar surface area (TPSA) is 80.9 Å². The highest BCUT2D eigenvalue weighted by Gasteiger charge is 2.63. The number of aliphatic hydroxyl groups is 1. The number of carbonyl (C=O) groups excluding carboxylic acids is 1. The van der Waals surface area contributed by atoms with E-state index in [1.165, 1.54) is 36.8 Å². The molecule has 28 heavy (non-hydrogen) atoms. The van der Waals surface area contributed by atoms with Crippen LogP contribution in [0.4, 0.5) is 0 Å². The van der Waals surface area contributed by atoms with Crippen molar-refractivity contribution in [3.8, 4) is 0 Å². The summed E-state index contributed by atoms with van der Waals surface area (Å²) in [6.07, 6.45) is 12.8. The zero-order valence-corrected chi connectivity index (χ0v) is 16.6. The first kappa shape index (κ1) is 17.3. The van der Waals surface area contributed by atoms with Gasteiger partial charge in [-0.15, -0.1) is 10.2 Å². The van der Waals surface area contributed by atoms with Crippen LogP contribution in [0.25, 0.3) is 0 Å². The summed E-state index contributed by atoms with van der Waals surface area (Å²) in [7, 11) is 0. The largest absolute Gasteiger partial charge is 0.389 e. The van der Waals surface area contributed by atoms with E-state index in [1.807, 2.05) is 0 Å². The Morgan fingerprint density at radius 1 is 1.25 bits per heavy atom. The molecule has 1 heterocycles. The lowest BCUT2D eigenvalue weighted by Crippen LogP contribution is -2.47. The van der Waals surface area contributed by atoms with Gasteiger partial charge in [-0.25, -0.2) is 0 Å². The fourth-order valence-electron chi connectivity index (χ4n) is 8.05. The summed E-state index contributed by atoms with van der Waals surface area (Å²) in [4.78, 5) is 14.5. The molecule has 1 aromatic heterocycles. The maximum atomic E-state index is 13.1. The maximum Gasteiger partial charge on any atom is 0.162 e. The molecular formula is C22H30N4O2. The van der Waals surface area contributed by atoms with Gasteiger partial charge in [0, 0.05) is 11.8 Å². The predicted molar refractivity (Wildman–Crippen MR) is 102 cm³/mol. The molecular weight excluding hydrogens is 352 g/mol. The van der Waals surface area contributed by atoms with E-state index in [4.69, 9.17) is 0 Å². The van der Waals surface area contributed by atoms with Crippen LogP contribution in [0.3, 0.4) is 0 Å². The molecule has 0 amide bonds. The van der Waals surface area contributed by atoms with Crippen LogP contribution in [0.2, 0.25) is 0 Å². The molecule has 1 N–H and O–H groups in total. The van der Waals surface area contributed by atoms with Gasteiger partial charge in [0.15, 0.2) is 12.1 Å². The monoisotopic (exact) mass is 382 g/mol. The second-order valence-electron chi connectivity index (χ2n) is 10.5. The summed E-state index contributed by atoms with van der Waals surface area (Å²) in [6, 6.07) is 0. The van der Waals surface area contributed by atoms with Crippen molar-refractivity contribution in [3.05, 3.63) is 18.0 Å². The summed E-state index contributed by atoms with van der Waals surface area (Å²) in [5.74, 6) is 3.73. The Kier molecular flexibility index (Phi) is 3.55. The third kappa shape index (κ3) is 2.30. The van der Waals surface area contributed by atoms with Crippen LogP contribution in [0.1, 0.15) is 58.3 Å². The molecule has 8 unspecified atom stereocenters. The summed E-state index contributed by atoms with van der Waals surface area (Å²) in [5, 5.41) is 22.2. The lowest BCUT2D eigenvalue weighted by atomic mass is 9.51. The van der Waals surface area contributed by atoms with Crippen LogP contribution >= 0.6 is 0 Å². The van der Waals surface area contributed by atoms with Crippen molar-refractivity contribution in [1.82, 2.24) is 20.2 Å². The third-order valence-electron chi connectivity index (χ3n) is 9.48. The summed E-state index contributed by atoms with van der Waals surface area (Å²) < 4.78 is 0. The molecule has 6 rings (SSSR count). The average Bonchev–Trinajstić information content (AvgIpc) is 3.00. The molecule has 8 atom stereocenters. The van der Waals surface area contributed by atoms with Gasteiger partial charge in [0.1, 0.15) is 6.54 Å². The number of ketones is 1. The average molecular weight is 383 g/mol. The van der Waals surface area contributed by atoms with Crippen molar-refractivity contribution in [2.45, 2.75) is 70.4 Å². The number of allylic oxidation sites excluding steroid dienone is 1. The SMILES string of the molecule is CC12CCC3C4CCC5(O)CC5C4=CCC3C1CCC2C(=O)Cn1ncnn1. The quantitative estimate of drug-likeness (QED) is 0.813. The first-order valence-electron chi connectivity index (χ1n) is 11.2. The molecule has 6 nitrogen and oxygen atoms in total. The van der Waals surface area contributed by atoms with Gasteiger partial charge < -0.3 is 5.11 Å². The van der Waals surface area contributed by atoms with Crippen LogP contribution in [0.5, 0.6) is 0 Å². The minimum Gasteiger partial charge on any atom is -0.389 e. The number of hydrogen-bond acceptors (Lipinski definition) is 5. The molecule has 1 aromatic rings. The van der Waals surface area contributed by atoms with E-state index in [2.05, 4.69) is 28.4 Å². The highest BCUT2D eigenvalue weighted by atomic mass is 16.3. The molecule has 5 aliphatic carbocycles. The number of carbonyl (C=O) groups is 1. The Balaban J connectivity index is 1.24. The predicted octanol–water partition coefficient (Wildman–Crippen LogP) is 2.79. The molecule has 0 radical (unpaired) electrons. The van der Waals surface area contributed by atoms with Gasteiger partial charge in [-0.2, -0.15) is 4.80 Å². The van der Waals surface area contributed by atoms with Gasteiger partial charge >= 0.3 is 0 Å². The molecule has 6 heteroatoms. The van der Waals surface area contributed by atoms with Gasteiger partial charge in [-0.1, -0.05) is 18.6 Å². The highest BCUT2D eigenvalue weighted by molar-refractivity contribution is 5.81. The molecule has 5 aliphatic rings. The van der Waals surface area contributed by atoms with Crippen LogP contribution < -0.4 is 0 Å². The van der Waals surface area contributed by atoms with Gasteiger partial charge in [0.05, 0.1) is 5.60 Å². The zero-order valence-electron chi connectivity index (χ0n) is 16.6. The molecule has 0 aromatic carbocycles. The molecule has 0 spiro atoms. The smallest absolute Gasteiger partial charge is 0.162 e. The molecule has 4 saturated carbocycles. The number of nitrogens with zero attached hydrogens (tertiary/aromatic N) is 4. The second-order valence-corrected chi connectivity index (χ2v) is 10.5. The van der Waals surface area contributed by atoms with Crippen molar-refractivity contribution in [1.29, 1.82) is 0 Å². The number of fused-ring (bicyclic) bond motifs is 7. The Bertz CT molecular complexity index is 836. The Labute approximate surface area is 165 Å². The molecule has 0 bridgehead atoms. The lowest BCUT2D eigenvalue weighted by molar-refractivity contribution is -0.130. The second kappa shape index (κ2) is 5.74. The van der Waals surface area contributed by atoms with E-state index in [1.54, 1.807) is 5.57 Å². The van der Waals surface area contributed by atoms with E-state index in [0.717, 1.165) is 37.5 Å². The Hall–Kier alpha value is -1.56. The van der Waals surface area contributed by atoms with Crippen molar-refractivity contribution in [2.75, 3.05) is 0 Å². The fourth-order valence-corrected chi connectivity index (χ4v) is 8.05. The molecule has 0 saturated heterocycles. The van der Waals surface area contributed by atoms with E-state index in [0.29, 0.717) is 17.8 Å². The Morgan fingerprint density at radius 2 is 2.14 bits per heavy atom. The van der Waals surface area contributed by atoms with Crippen molar-refractivity contribution < 1.29 is 9.90 Å². The first-order chi connectivity index (χ1) is 13.5. The van der Waals surface area contributed by atoms with Crippen LogP contribution in [0.15, 0.2) is 18.0 Å². The lowest BCUT2D eigenvalue weighted by Gasteiger charge is -2.53. The standard InChI is InChI=1S/C22H30N4O2/c1-21-8-6-13-14-7-9-22(28)10-19(22)16(14)3-2-15(13)17(21)4-5-18(21)20(27)11-26-24-12-23-25-26/h3,12-15,17-19,28H,2,4-11H2,1H3. The van der Waals surface area contributed by atoms with Crippen molar-refractivity contribution >= 4 is 5.78 Å². The molecule has 0 aliphatic heterocycles. The van der Waals surface area contributed by atoms with Gasteiger partial charge in [0.25, 0.3) is 0 Å². The number of rotatable bonds is 3. The normalized spacial score (nSPS) is 48.7. The van der Waals surface area contributed by atoms with E-state index >= 15 is 0 Å². The summed E-state index contributed by atoms with van der Waals surface area (Å²) in [6.45, 7) is 2.64. The van der Waals surface area contributed by atoms with Crippen molar-refractivity contribution in [3.63, 3.8) is 0 Å². The van der Waals surface area contributed by atoms with E-state index < -0.39 is 0 Å². The van der Waals surface area contributed by atoms with Gasteiger partial charge in [0.2, 0.25) is 0 Å². The van der Waals surface area contributed by atoms with Gasteiger partial charge in [-0.05, 0) is 85.7 Å². The number of hydrogen-bond donors (Lipinski definition) is 1. The minimum absolute atomic E-state index is 0.124. The zero-order chi connectivity index (χ0) is 19.1. The van der Waals surface area contributed by atoms with Crippen molar-refractivity contribution in [2.24, 2.45) is 40.9 Å². The minimum atomic E-state index is -0.349. The molecule has 4 fully saturated rings. The first-order valence-corrected chi connectivity index (χ1v) is 11.2. The summed E-state index contributed by atoms with van der Waals surface area (Å²) in [5.41, 5.74) is 1.37. The Morgan fingerprint density at radius 3 is 2.96 bits per heavy atom. The van der Waals surface area contributed by atoms with Crippen LogP contribution in [0, 0.1) is 40.9 Å². The van der Waals surface area contributed by atoms with E-state index in [-0.39, 0.29) is 29.3 Å². The summed E-state index contributed by atoms with van der Waals surface area (Å²) >= 11 is 0. The maximum absolute atomic E-state index is 13.1.